The van der Waals surface area contributed by atoms with Crippen LogP contribution in [0, 0.1) is 5.92 Å². The molecule has 146 valence electrons. The molecule has 3 rings (SSSR count). The molecular weight excluding hydrogens is 364 g/mol. The number of nitrogens with one attached hydrogen (secondary N) is 2. The largest absolute Gasteiger partial charge is 0.506 e. The third-order valence-electron chi connectivity index (χ3n) is 5.61. The maximum Gasteiger partial charge on any atom is 0.319 e. The van der Waals surface area contributed by atoms with Gasteiger partial charge in [0.15, 0.2) is 5.78 Å². The molecule has 5 nitrogen and oxygen atoms in total. The molecule has 3 N–H and O–H groups in total. The first-order valence-electron chi connectivity index (χ1n) is 9.81. The van der Waals surface area contributed by atoms with Crippen molar-refractivity contribution >= 4 is 23.4 Å². The van der Waals surface area contributed by atoms with Gasteiger partial charge in [-0.1, -0.05) is 56.7 Å². The number of benzene rings is 1. The summed E-state index contributed by atoms with van der Waals surface area (Å²) in [5, 5.41) is 15.6. The molecule has 1 atom stereocenters. The average molecular weight is 391 g/mol. The Morgan fingerprint density at radius 3 is 2.67 bits per heavy atom. The lowest BCUT2D eigenvalue weighted by atomic mass is 9.84. The predicted molar refractivity (Wildman–Crippen MR) is 106 cm³/mol. The Kier molecular flexibility index (Phi) is 6.42. The van der Waals surface area contributed by atoms with Crippen molar-refractivity contribution in [2.24, 2.45) is 5.92 Å². The Bertz CT molecular complexity index is 754. The molecule has 0 radical (unpaired) electrons. The fourth-order valence-electron chi connectivity index (χ4n) is 4.11. The van der Waals surface area contributed by atoms with Crippen molar-refractivity contribution in [1.82, 2.24) is 10.6 Å². The SMILES string of the molecule is CCC(=O)C1=C(CCC2CCCCC2)NC(=O)N[C@H]1c1ccc(O)c(Cl)c1. The number of aromatic hydroxyl groups is 1. The number of urea groups is 1. The van der Waals surface area contributed by atoms with Crippen molar-refractivity contribution in [3.05, 3.63) is 40.1 Å². The zero-order valence-electron chi connectivity index (χ0n) is 15.7. The number of carbonyl (C=O) groups excluding carboxylic acids is 2. The summed E-state index contributed by atoms with van der Waals surface area (Å²) in [5.41, 5.74) is 2.03. The standard InChI is InChI=1S/C21H27ClN2O3/c1-2-17(25)19-16(10-8-13-6-4-3-5-7-13)23-21(27)24-20(19)14-9-11-18(26)15(22)12-14/h9,11-13,20,26H,2-8,10H2,1H3,(H2,23,24,27)/t20-/m0/s1. The van der Waals surface area contributed by atoms with Crippen LogP contribution in [-0.2, 0) is 4.79 Å². The second-order valence-electron chi connectivity index (χ2n) is 7.45. The molecule has 27 heavy (non-hydrogen) atoms. The molecule has 1 saturated carbocycles. The molecule has 1 heterocycles. The summed E-state index contributed by atoms with van der Waals surface area (Å²) in [6.45, 7) is 1.82. The maximum absolute atomic E-state index is 12.7. The monoisotopic (exact) mass is 390 g/mol. The van der Waals surface area contributed by atoms with Gasteiger partial charge in [0, 0.05) is 17.7 Å². The fourth-order valence-corrected chi connectivity index (χ4v) is 4.30. The van der Waals surface area contributed by atoms with E-state index < -0.39 is 6.04 Å². The molecule has 0 bridgehead atoms. The Hall–Kier alpha value is -2.01. The number of allylic oxidation sites excluding steroid dienone is 1. The minimum atomic E-state index is -0.550. The van der Waals surface area contributed by atoms with Crippen LogP contribution >= 0.6 is 11.6 Å². The summed E-state index contributed by atoms with van der Waals surface area (Å²) in [6.07, 6.45) is 8.35. The van der Waals surface area contributed by atoms with Gasteiger partial charge < -0.3 is 15.7 Å². The minimum absolute atomic E-state index is 0.00958. The number of carbonyl (C=O) groups is 2. The average Bonchev–Trinajstić information content (AvgIpc) is 2.68. The van der Waals surface area contributed by atoms with Gasteiger partial charge in [-0.2, -0.15) is 0 Å². The van der Waals surface area contributed by atoms with E-state index in [0.717, 1.165) is 12.1 Å². The number of hydrogen-bond acceptors (Lipinski definition) is 3. The third-order valence-corrected chi connectivity index (χ3v) is 5.91. The van der Waals surface area contributed by atoms with Crippen LogP contribution in [0.5, 0.6) is 5.75 Å². The van der Waals surface area contributed by atoms with Crippen LogP contribution in [0.3, 0.4) is 0 Å². The number of ketones is 1. The van der Waals surface area contributed by atoms with Crippen LogP contribution < -0.4 is 10.6 Å². The Labute approximate surface area is 165 Å². The van der Waals surface area contributed by atoms with Gasteiger partial charge in [0.2, 0.25) is 0 Å². The molecule has 1 aliphatic carbocycles. The molecule has 0 aromatic heterocycles. The van der Waals surface area contributed by atoms with Crippen molar-refractivity contribution in [1.29, 1.82) is 0 Å². The molecule has 2 amide bonds. The summed E-state index contributed by atoms with van der Waals surface area (Å²) in [7, 11) is 0. The Morgan fingerprint density at radius 2 is 2.00 bits per heavy atom. The van der Waals surface area contributed by atoms with Crippen molar-refractivity contribution < 1.29 is 14.7 Å². The molecule has 1 aliphatic heterocycles. The van der Waals surface area contributed by atoms with E-state index in [9.17, 15) is 14.7 Å². The molecule has 0 unspecified atom stereocenters. The van der Waals surface area contributed by atoms with E-state index in [2.05, 4.69) is 10.6 Å². The van der Waals surface area contributed by atoms with Crippen LogP contribution in [0.4, 0.5) is 4.79 Å². The van der Waals surface area contributed by atoms with E-state index in [1.807, 2.05) is 6.92 Å². The van der Waals surface area contributed by atoms with Crippen LogP contribution in [-0.4, -0.2) is 16.9 Å². The highest BCUT2D eigenvalue weighted by Crippen LogP contribution is 2.35. The molecule has 2 aliphatic rings. The van der Waals surface area contributed by atoms with Gasteiger partial charge in [0.1, 0.15) is 5.75 Å². The van der Waals surface area contributed by atoms with E-state index >= 15 is 0 Å². The topological polar surface area (TPSA) is 78.4 Å². The molecule has 1 aromatic carbocycles. The smallest absolute Gasteiger partial charge is 0.319 e. The number of amides is 2. The second kappa shape index (κ2) is 8.79. The summed E-state index contributed by atoms with van der Waals surface area (Å²) < 4.78 is 0. The van der Waals surface area contributed by atoms with Gasteiger partial charge in [0.25, 0.3) is 0 Å². The third kappa shape index (κ3) is 4.64. The van der Waals surface area contributed by atoms with Gasteiger partial charge >= 0.3 is 6.03 Å². The Balaban J connectivity index is 1.91. The molecule has 6 heteroatoms. The molecular formula is C21H27ClN2O3. The molecule has 1 aromatic rings. The van der Waals surface area contributed by atoms with Gasteiger partial charge in [-0.05, 0) is 36.5 Å². The normalized spacial score (nSPS) is 21.0. The quantitative estimate of drug-likeness (QED) is 0.640. The molecule has 0 saturated heterocycles. The van der Waals surface area contributed by atoms with Crippen molar-refractivity contribution in [2.45, 2.75) is 64.3 Å². The van der Waals surface area contributed by atoms with Crippen LogP contribution in [0.1, 0.15) is 69.9 Å². The van der Waals surface area contributed by atoms with Crippen molar-refractivity contribution in [3.8, 4) is 5.75 Å². The van der Waals surface area contributed by atoms with Gasteiger partial charge in [-0.25, -0.2) is 4.79 Å². The maximum atomic E-state index is 12.7. The van der Waals surface area contributed by atoms with E-state index in [4.69, 9.17) is 11.6 Å². The first-order valence-corrected chi connectivity index (χ1v) is 10.2. The number of hydrogen-bond donors (Lipinski definition) is 3. The van der Waals surface area contributed by atoms with Crippen LogP contribution in [0.25, 0.3) is 0 Å². The van der Waals surface area contributed by atoms with Crippen LogP contribution in [0.2, 0.25) is 5.02 Å². The number of phenols is 1. The number of rotatable bonds is 6. The van der Waals surface area contributed by atoms with Crippen LogP contribution in [0.15, 0.2) is 29.5 Å². The zero-order valence-corrected chi connectivity index (χ0v) is 16.4. The number of halogens is 1. The highest BCUT2D eigenvalue weighted by Gasteiger charge is 2.32. The van der Waals surface area contributed by atoms with Crippen molar-refractivity contribution in [2.75, 3.05) is 0 Å². The zero-order chi connectivity index (χ0) is 19.4. The van der Waals surface area contributed by atoms with E-state index in [1.54, 1.807) is 12.1 Å². The summed E-state index contributed by atoms with van der Waals surface area (Å²) in [4.78, 5) is 25.0. The summed E-state index contributed by atoms with van der Waals surface area (Å²) in [6, 6.07) is 3.93. The Morgan fingerprint density at radius 1 is 1.26 bits per heavy atom. The van der Waals surface area contributed by atoms with E-state index in [0.29, 0.717) is 29.9 Å². The van der Waals surface area contributed by atoms with Crippen molar-refractivity contribution in [3.63, 3.8) is 0 Å². The molecule has 0 spiro atoms. The second-order valence-corrected chi connectivity index (χ2v) is 7.86. The van der Waals surface area contributed by atoms with E-state index in [1.165, 1.54) is 38.2 Å². The highest BCUT2D eigenvalue weighted by molar-refractivity contribution is 6.32. The first kappa shape index (κ1) is 19.7. The van der Waals surface area contributed by atoms with Gasteiger partial charge in [0.05, 0.1) is 11.1 Å². The lowest BCUT2D eigenvalue weighted by Crippen LogP contribution is -2.45. The lowest BCUT2D eigenvalue weighted by molar-refractivity contribution is -0.115. The fraction of sp³-hybridized carbons (Fsp3) is 0.524. The summed E-state index contributed by atoms with van der Waals surface area (Å²) in [5.74, 6) is 0.651. The predicted octanol–water partition coefficient (Wildman–Crippen LogP) is 4.99. The minimum Gasteiger partial charge on any atom is -0.506 e. The number of Topliss-reactive ketones (excluding diaryl/α,β-unsaturated/α-hetero) is 1. The van der Waals surface area contributed by atoms with Gasteiger partial charge in [-0.3, -0.25) is 4.79 Å². The summed E-state index contributed by atoms with van der Waals surface area (Å²) >= 11 is 6.05. The molecule has 1 fully saturated rings. The highest BCUT2D eigenvalue weighted by atomic mass is 35.5. The van der Waals surface area contributed by atoms with E-state index in [-0.39, 0.29) is 22.6 Å². The van der Waals surface area contributed by atoms with Gasteiger partial charge in [-0.15, -0.1) is 0 Å². The lowest BCUT2D eigenvalue weighted by Gasteiger charge is -2.31. The number of phenolic OH excluding ortho intramolecular Hbond substituents is 1. The first-order chi connectivity index (χ1) is 13.0.